The van der Waals surface area contributed by atoms with Gasteiger partial charge in [0.15, 0.2) is 0 Å². The Morgan fingerprint density at radius 2 is 1.70 bits per heavy atom. The van der Waals surface area contributed by atoms with Crippen LogP contribution in [-0.4, -0.2) is 43.5 Å². The molecule has 0 unspecified atom stereocenters. The topological polar surface area (TPSA) is 70.7 Å². The highest BCUT2D eigenvalue weighted by Gasteiger charge is 2.15. The molecule has 6 nitrogen and oxygen atoms in total. The van der Waals surface area contributed by atoms with Crippen molar-refractivity contribution in [1.29, 1.82) is 0 Å². The number of nitrogens with zero attached hydrogens (tertiary/aromatic N) is 1. The molecule has 0 bridgehead atoms. The van der Waals surface area contributed by atoms with E-state index in [0.717, 1.165) is 17.7 Å². The number of ether oxygens (including phenoxy) is 1. The number of aryl methyl sites for hydroxylation is 1. The van der Waals surface area contributed by atoms with Crippen LogP contribution in [-0.2, 0) is 9.59 Å². The molecule has 2 N–H and O–H groups in total. The standard InChI is InChI=1S/C21H27N3O3/c1-4-12-24(15-21(26)23-19-11-6-5-8-16(19)2)14-20(25)22-17-9-7-10-18(13-17)27-3/h5-11,13H,4,12,14-15H2,1-3H3,(H,22,25)(H,23,26). The summed E-state index contributed by atoms with van der Waals surface area (Å²) < 4.78 is 5.16. The Labute approximate surface area is 160 Å². The molecule has 0 heterocycles. The summed E-state index contributed by atoms with van der Waals surface area (Å²) in [5.74, 6) is 0.378. The van der Waals surface area contributed by atoms with Gasteiger partial charge in [0.25, 0.3) is 0 Å². The zero-order valence-electron chi connectivity index (χ0n) is 16.1. The average Bonchev–Trinajstić information content (AvgIpc) is 2.64. The molecule has 0 aliphatic rings. The van der Waals surface area contributed by atoms with Crippen molar-refractivity contribution < 1.29 is 14.3 Å². The molecular formula is C21H27N3O3. The summed E-state index contributed by atoms with van der Waals surface area (Å²) in [6.07, 6.45) is 0.851. The lowest BCUT2D eigenvalue weighted by atomic mass is 10.2. The van der Waals surface area contributed by atoms with E-state index in [-0.39, 0.29) is 24.9 Å². The number of anilines is 2. The number of methoxy groups -OCH3 is 1. The van der Waals surface area contributed by atoms with E-state index in [1.165, 1.54) is 0 Å². The van der Waals surface area contributed by atoms with Gasteiger partial charge in [-0.2, -0.15) is 0 Å². The molecule has 27 heavy (non-hydrogen) atoms. The largest absolute Gasteiger partial charge is 0.497 e. The van der Waals surface area contributed by atoms with Crippen LogP contribution in [0, 0.1) is 6.92 Å². The number of hydrogen-bond donors (Lipinski definition) is 2. The monoisotopic (exact) mass is 369 g/mol. The Bertz CT molecular complexity index is 777. The van der Waals surface area contributed by atoms with Crippen molar-refractivity contribution >= 4 is 23.2 Å². The minimum Gasteiger partial charge on any atom is -0.497 e. The molecule has 2 aromatic rings. The molecule has 144 valence electrons. The first-order valence-electron chi connectivity index (χ1n) is 9.03. The van der Waals surface area contributed by atoms with Gasteiger partial charge in [-0.05, 0) is 43.7 Å². The Hall–Kier alpha value is -2.86. The smallest absolute Gasteiger partial charge is 0.238 e. The molecular weight excluding hydrogens is 342 g/mol. The maximum Gasteiger partial charge on any atom is 0.238 e. The van der Waals surface area contributed by atoms with E-state index in [9.17, 15) is 9.59 Å². The van der Waals surface area contributed by atoms with E-state index in [4.69, 9.17) is 4.74 Å². The highest BCUT2D eigenvalue weighted by atomic mass is 16.5. The molecule has 0 saturated heterocycles. The van der Waals surface area contributed by atoms with Crippen molar-refractivity contribution in [3.05, 3.63) is 54.1 Å². The van der Waals surface area contributed by atoms with Gasteiger partial charge in [0.2, 0.25) is 11.8 Å². The predicted molar refractivity (Wildman–Crippen MR) is 108 cm³/mol. The fraction of sp³-hybridized carbons (Fsp3) is 0.333. The van der Waals surface area contributed by atoms with Crippen molar-refractivity contribution in [2.75, 3.05) is 37.4 Å². The molecule has 0 fully saturated rings. The quantitative estimate of drug-likeness (QED) is 0.712. The summed E-state index contributed by atoms with van der Waals surface area (Å²) in [6.45, 7) is 4.93. The number of benzene rings is 2. The molecule has 0 aromatic heterocycles. The highest BCUT2D eigenvalue weighted by Crippen LogP contribution is 2.16. The molecule has 0 aliphatic heterocycles. The summed E-state index contributed by atoms with van der Waals surface area (Å²) in [6, 6.07) is 14.8. The van der Waals surface area contributed by atoms with Crippen LogP contribution in [0.15, 0.2) is 48.5 Å². The second-order valence-electron chi connectivity index (χ2n) is 6.35. The van der Waals surface area contributed by atoms with Gasteiger partial charge in [-0.1, -0.05) is 31.2 Å². The first kappa shape index (κ1) is 20.5. The molecule has 6 heteroatoms. The van der Waals surface area contributed by atoms with Crippen molar-refractivity contribution in [2.24, 2.45) is 0 Å². The van der Waals surface area contributed by atoms with E-state index in [1.807, 2.05) is 55.1 Å². The van der Waals surface area contributed by atoms with E-state index in [2.05, 4.69) is 10.6 Å². The second-order valence-corrected chi connectivity index (χ2v) is 6.35. The lowest BCUT2D eigenvalue weighted by molar-refractivity contribution is -0.120. The van der Waals surface area contributed by atoms with E-state index in [0.29, 0.717) is 18.0 Å². The third-order valence-electron chi connectivity index (χ3n) is 4.05. The fourth-order valence-corrected chi connectivity index (χ4v) is 2.74. The summed E-state index contributed by atoms with van der Waals surface area (Å²) in [5, 5.41) is 5.75. The normalized spacial score (nSPS) is 10.5. The maximum absolute atomic E-state index is 12.4. The van der Waals surface area contributed by atoms with Crippen molar-refractivity contribution in [2.45, 2.75) is 20.3 Å². The highest BCUT2D eigenvalue weighted by molar-refractivity contribution is 5.95. The van der Waals surface area contributed by atoms with E-state index >= 15 is 0 Å². The Balaban J connectivity index is 1.92. The van der Waals surface area contributed by atoms with Gasteiger partial charge in [0.05, 0.1) is 20.2 Å². The molecule has 2 rings (SSSR count). The molecule has 0 radical (unpaired) electrons. The fourth-order valence-electron chi connectivity index (χ4n) is 2.74. The number of carbonyl (C=O) groups excluding carboxylic acids is 2. The van der Waals surface area contributed by atoms with Crippen LogP contribution in [0.5, 0.6) is 5.75 Å². The molecule has 0 saturated carbocycles. The van der Waals surface area contributed by atoms with Crippen LogP contribution in [0.1, 0.15) is 18.9 Å². The van der Waals surface area contributed by atoms with Crippen molar-refractivity contribution in [1.82, 2.24) is 4.90 Å². The molecule has 2 aromatic carbocycles. The Morgan fingerprint density at radius 1 is 1.00 bits per heavy atom. The number of carbonyl (C=O) groups is 2. The van der Waals surface area contributed by atoms with Crippen LogP contribution in [0.2, 0.25) is 0 Å². The number of amides is 2. The average molecular weight is 369 g/mol. The third-order valence-corrected chi connectivity index (χ3v) is 4.05. The van der Waals surface area contributed by atoms with E-state index < -0.39 is 0 Å². The summed E-state index contributed by atoms with van der Waals surface area (Å²) in [4.78, 5) is 26.6. The molecule has 0 atom stereocenters. The first-order chi connectivity index (χ1) is 13.0. The van der Waals surface area contributed by atoms with Gasteiger partial charge in [0, 0.05) is 17.4 Å². The predicted octanol–water partition coefficient (Wildman–Crippen LogP) is 3.29. The van der Waals surface area contributed by atoms with Gasteiger partial charge < -0.3 is 15.4 Å². The lowest BCUT2D eigenvalue weighted by Gasteiger charge is -2.21. The first-order valence-corrected chi connectivity index (χ1v) is 9.03. The van der Waals surface area contributed by atoms with Crippen molar-refractivity contribution in [3.8, 4) is 5.75 Å². The van der Waals surface area contributed by atoms with Gasteiger partial charge >= 0.3 is 0 Å². The minimum absolute atomic E-state index is 0.132. The van der Waals surface area contributed by atoms with E-state index in [1.54, 1.807) is 19.2 Å². The van der Waals surface area contributed by atoms with Crippen LogP contribution in [0.3, 0.4) is 0 Å². The van der Waals surface area contributed by atoms with Crippen LogP contribution >= 0.6 is 0 Å². The lowest BCUT2D eigenvalue weighted by Crippen LogP contribution is -2.39. The number of nitrogens with one attached hydrogen (secondary N) is 2. The van der Waals surface area contributed by atoms with Gasteiger partial charge in [-0.3, -0.25) is 14.5 Å². The van der Waals surface area contributed by atoms with Gasteiger partial charge in [0.1, 0.15) is 5.75 Å². The Kier molecular flexibility index (Phi) is 7.82. The summed E-state index contributed by atoms with van der Waals surface area (Å²) >= 11 is 0. The molecule has 2 amide bonds. The Morgan fingerprint density at radius 3 is 2.37 bits per heavy atom. The third kappa shape index (κ3) is 6.75. The van der Waals surface area contributed by atoms with Crippen LogP contribution in [0.4, 0.5) is 11.4 Å². The summed E-state index contributed by atoms with van der Waals surface area (Å²) in [5.41, 5.74) is 2.46. The summed E-state index contributed by atoms with van der Waals surface area (Å²) in [7, 11) is 1.58. The SMILES string of the molecule is CCCN(CC(=O)Nc1cccc(OC)c1)CC(=O)Nc1ccccc1C. The van der Waals surface area contributed by atoms with Gasteiger partial charge in [-0.15, -0.1) is 0 Å². The zero-order chi connectivity index (χ0) is 19.6. The van der Waals surface area contributed by atoms with Gasteiger partial charge in [-0.25, -0.2) is 0 Å². The number of hydrogen-bond acceptors (Lipinski definition) is 4. The van der Waals surface area contributed by atoms with Crippen LogP contribution in [0.25, 0.3) is 0 Å². The minimum atomic E-state index is -0.166. The number of para-hydroxylation sites is 1. The second kappa shape index (κ2) is 10.3. The van der Waals surface area contributed by atoms with Crippen LogP contribution < -0.4 is 15.4 Å². The molecule has 0 aliphatic carbocycles. The zero-order valence-corrected chi connectivity index (χ0v) is 16.1. The molecule has 0 spiro atoms. The van der Waals surface area contributed by atoms with Crippen molar-refractivity contribution in [3.63, 3.8) is 0 Å². The number of rotatable bonds is 9. The maximum atomic E-state index is 12.4.